The van der Waals surface area contributed by atoms with E-state index in [2.05, 4.69) is 62.4 Å². The van der Waals surface area contributed by atoms with E-state index >= 15 is 0 Å². The molecule has 37 heavy (non-hydrogen) atoms. The van der Waals surface area contributed by atoms with Gasteiger partial charge in [0.15, 0.2) is 0 Å². The van der Waals surface area contributed by atoms with Gasteiger partial charge in [-0.05, 0) is 52.3 Å². The molecule has 0 saturated heterocycles. The third-order valence-corrected chi connectivity index (χ3v) is 7.09. The molecule has 4 nitrogen and oxygen atoms in total. The molecule has 2 N–H and O–H groups in total. The monoisotopic (exact) mass is 510 g/mol. The predicted octanol–water partition coefficient (Wildman–Crippen LogP) is 9.10. The summed E-state index contributed by atoms with van der Waals surface area (Å²) in [6.07, 6.45) is 6.86. The second-order valence-corrected chi connectivity index (χ2v) is 12.3. The molecule has 0 aliphatic heterocycles. The topological polar surface area (TPSA) is 74.6 Å². The fraction of sp³-hybridized carbons (Fsp3) is 0.576. The van der Waals surface area contributed by atoms with Crippen LogP contribution in [0.3, 0.4) is 0 Å². The van der Waals surface area contributed by atoms with E-state index in [1.54, 1.807) is 0 Å². The molecule has 0 amide bonds. The summed E-state index contributed by atoms with van der Waals surface area (Å²) in [6.45, 7) is 16.1. The second kappa shape index (κ2) is 15.0. The zero-order valence-corrected chi connectivity index (χ0v) is 24.4. The van der Waals surface area contributed by atoms with Crippen LogP contribution in [0.4, 0.5) is 0 Å². The van der Waals surface area contributed by atoms with Crippen molar-refractivity contribution in [1.29, 1.82) is 0 Å². The zero-order chi connectivity index (χ0) is 28.2. The summed E-state index contributed by atoms with van der Waals surface area (Å²) in [4.78, 5) is 21.7. The van der Waals surface area contributed by atoms with Crippen LogP contribution < -0.4 is 0 Å². The zero-order valence-electron chi connectivity index (χ0n) is 24.4. The lowest BCUT2D eigenvalue weighted by molar-refractivity contribution is -0.146. The Kier molecular flexibility index (Phi) is 13.1. The number of carboxylic acids is 2. The molecule has 0 fully saturated rings. The molecular formula is C33H50O4. The Hall–Kier alpha value is -2.62. The fourth-order valence-corrected chi connectivity index (χ4v) is 4.75. The molecule has 0 bridgehead atoms. The van der Waals surface area contributed by atoms with Gasteiger partial charge in [0.2, 0.25) is 0 Å². The Morgan fingerprint density at radius 3 is 1.27 bits per heavy atom. The van der Waals surface area contributed by atoms with Crippen LogP contribution in [0.25, 0.3) is 11.1 Å². The average molecular weight is 511 g/mol. The largest absolute Gasteiger partial charge is 0.481 e. The third-order valence-electron chi connectivity index (χ3n) is 7.09. The fourth-order valence-electron chi connectivity index (χ4n) is 4.75. The molecule has 0 aromatic heterocycles. The summed E-state index contributed by atoms with van der Waals surface area (Å²) in [6, 6.07) is 17.3. The SMILES string of the molecule is CCCCC(C(=O)O)C(C)(C)C.CCCCC(C(=O)O)C(C)(C)C.c1ccc2c(c1)Cc1ccccc1-2. The molecule has 0 saturated carbocycles. The molecule has 2 aromatic rings. The number of benzene rings is 2. The maximum atomic E-state index is 10.9. The van der Waals surface area contributed by atoms with Gasteiger partial charge in [0.25, 0.3) is 0 Å². The highest BCUT2D eigenvalue weighted by Gasteiger charge is 2.30. The van der Waals surface area contributed by atoms with Crippen LogP contribution in [-0.4, -0.2) is 22.2 Å². The normalized spacial score (nSPS) is 13.6. The Labute approximate surface area is 225 Å². The van der Waals surface area contributed by atoms with Crippen LogP contribution >= 0.6 is 0 Å². The minimum atomic E-state index is -0.657. The first kappa shape index (κ1) is 32.4. The van der Waals surface area contributed by atoms with Gasteiger partial charge in [-0.15, -0.1) is 0 Å². The highest BCUT2D eigenvalue weighted by Crippen LogP contribution is 2.35. The first-order valence-corrected chi connectivity index (χ1v) is 13.9. The minimum Gasteiger partial charge on any atom is -0.481 e. The highest BCUT2D eigenvalue weighted by molar-refractivity contribution is 5.76. The number of rotatable bonds is 8. The van der Waals surface area contributed by atoms with Gasteiger partial charge >= 0.3 is 11.9 Å². The van der Waals surface area contributed by atoms with E-state index in [0.29, 0.717) is 0 Å². The molecule has 206 valence electrons. The van der Waals surface area contributed by atoms with E-state index in [0.717, 1.165) is 44.9 Å². The molecule has 0 spiro atoms. The van der Waals surface area contributed by atoms with Crippen molar-refractivity contribution in [2.24, 2.45) is 22.7 Å². The Morgan fingerprint density at radius 1 is 0.676 bits per heavy atom. The van der Waals surface area contributed by atoms with Gasteiger partial charge in [0, 0.05) is 0 Å². The third kappa shape index (κ3) is 10.7. The maximum absolute atomic E-state index is 10.9. The van der Waals surface area contributed by atoms with Crippen molar-refractivity contribution in [1.82, 2.24) is 0 Å². The van der Waals surface area contributed by atoms with E-state index < -0.39 is 11.9 Å². The van der Waals surface area contributed by atoms with Crippen molar-refractivity contribution in [3.05, 3.63) is 59.7 Å². The first-order valence-electron chi connectivity index (χ1n) is 13.9. The molecule has 2 atom stereocenters. The highest BCUT2D eigenvalue weighted by atomic mass is 16.4. The number of fused-ring (bicyclic) bond motifs is 3. The molecule has 1 aliphatic carbocycles. The standard InChI is InChI=1S/C13H10.2C10H20O2/c1-3-7-12-10(5-1)9-11-6-2-4-8-13(11)12;2*1-5-6-7-8(9(11)12)10(2,3)4/h1-8H,9H2;2*8H,5-7H2,1-4H3,(H,11,12). The molecule has 2 aromatic carbocycles. The average Bonchev–Trinajstić information content (AvgIpc) is 3.17. The van der Waals surface area contributed by atoms with Crippen LogP contribution in [0.5, 0.6) is 0 Å². The minimum absolute atomic E-state index is 0.110. The predicted molar refractivity (Wildman–Crippen MR) is 155 cm³/mol. The Morgan fingerprint density at radius 2 is 1.00 bits per heavy atom. The number of aliphatic carboxylic acids is 2. The lowest BCUT2D eigenvalue weighted by atomic mass is 9.78. The Bertz CT molecular complexity index is 899. The molecular weight excluding hydrogens is 460 g/mol. The quantitative estimate of drug-likeness (QED) is 0.317. The van der Waals surface area contributed by atoms with Crippen molar-refractivity contribution in [3.63, 3.8) is 0 Å². The summed E-state index contributed by atoms with van der Waals surface area (Å²) in [5.41, 5.74) is 5.53. The maximum Gasteiger partial charge on any atom is 0.307 e. The summed E-state index contributed by atoms with van der Waals surface area (Å²) in [5, 5.41) is 17.9. The molecule has 0 radical (unpaired) electrons. The van der Waals surface area contributed by atoms with E-state index in [9.17, 15) is 9.59 Å². The molecule has 1 aliphatic rings. The van der Waals surface area contributed by atoms with E-state index in [1.807, 2.05) is 41.5 Å². The van der Waals surface area contributed by atoms with Gasteiger partial charge in [0.05, 0.1) is 11.8 Å². The number of carbonyl (C=O) groups is 2. The van der Waals surface area contributed by atoms with Crippen molar-refractivity contribution in [2.75, 3.05) is 0 Å². The van der Waals surface area contributed by atoms with Gasteiger partial charge in [-0.25, -0.2) is 0 Å². The van der Waals surface area contributed by atoms with Crippen LogP contribution in [0, 0.1) is 22.7 Å². The van der Waals surface area contributed by atoms with Gasteiger partial charge in [-0.2, -0.15) is 0 Å². The summed E-state index contributed by atoms with van der Waals surface area (Å²) in [7, 11) is 0. The van der Waals surface area contributed by atoms with Gasteiger partial charge in [0.1, 0.15) is 0 Å². The van der Waals surface area contributed by atoms with Crippen LogP contribution in [0.15, 0.2) is 48.5 Å². The summed E-state index contributed by atoms with van der Waals surface area (Å²) < 4.78 is 0. The summed E-state index contributed by atoms with van der Waals surface area (Å²) in [5.74, 6) is -1.71. The van der Waals surface area contributed by atoms with Crippen molar-refractivity contribution in [2.45, 2.75) is 100 Å². The summed E-state index contributed by atoms with van der Waals surface area (Å²) >= 11 is 0. The van der Waals surface area contributed by atoms with E-state index in [1.165, 1.54) is 22.3 Å². The number of unbranched alkanes of at least 4 members (excludes halogenated alkanes) is 2. The molecule has 0 heterocycles. The van der Waals surface area contributed by atoms with Gasteiger partial charge in [-0.1, -0.05) is 130 Å². The molecule has 3 rings (SSSR count). The second-order valence-electron chi connectivity index (χ2n) is 12.3. The van der Waals surface area contributed by atoms with Crippen LogP contribution in [0.1, 0.15) is 105 Å². The Balaban J connectivity index is 0.000000278. The number of hydrogen-bond donors (Lipinski definition) is 2. The van der Waals surface area contributed by atoms with E-state index in [-0.39, 0.29) is 22.7 Å². The molecule has 2 unspecified atom stereocenters. The smallest absolute Gasteiger partial charge is 0.307 e. The lowest BCUT2D eigenvalue weighted by Crippen LogP contribution is -2.28. The van der Waals surface area contributed by atoms with E-state index in [4.69, 9.17) is 10.2 Å². The van der Waals surface area contributed by atoms with Gasteiger partial charge < -0.3 is 10.2 Å². The van der Waals surface area contributed by atoms with Crippen molar-refractivity contribution < 1.29 is 19.8 Å². The number of hydrogen-bond acceptors (Lipinski definition) is 2. The van der Waals surface area contributed by atoms with Crippen molar-refractivity contribution in [3.8, 4) is 11.1 Å². The number of carboxylic acid groups (broad SMARTS) is 2. The van der Waals surface area contributed by atoms with Crippen molar-refractivity contribution >= 4 is 11.9 Å². The van der Waals surface area contributed by atoms with Crippen LogP contribution in [-0.2, 0) is 16.0 Å². The van der Waals surface area contributed by atoms with Crippen LogP contribution in [0.2, 0.25) is 0 Å². The lowest BCUT2D eigenvalue weighted by Gasteiger charge is -2.26. The first-order chi connectivity index (χ1) is 17.2. The molecule has 4 heteroatoms. The van der Waals surface area contributed by atoms with Gasteiger partial charge in [-0.3, -0.25) is 9.59 Å².